The summed E-state index contributed by atoms with van der Waals surface area (Å²) in [6, 6.07) is 0. The molecule has 0 unspecified atom stereocenters. The molecule has 64 valence electrons. The fraction of sp³-hybridized carbons (Fsp3) is 0.333. The monoisotopic (exact) mass is 208 g/mol. The van der Waals surface area contributed by atoms with Crippen LogP contribution >= 0.6 is 24.8 Å². The Balaban J connectivity index is -0.000000245. The highest BCUT2D eigenvalue weighted by Crippen LogP contribution is 1.93. The van der Waals surface area contributed by atoms with Gasteiger partial charge in [0.25, 0.3) is 0 Å². The molecule has 0 fully saturated rings. The van der Waals surface area contributed by atoms with Gasteiger partial charge in [-0.1, -0.05) is 6.58 Å². The minimum atomic E-state index is -3.80. The van der Waals surface area contributed by atoms with E-state index in [2.05, 4.69) is 15.4 Å². The second-order valence-corrected chi connectivity index (χ2v) is 2.78. The van der Waals surface area contributed by atoms with E-state index in [0.29, 0.717) is 0 Å². The zero-order chi connectivity index (χ0) is 6.62. The van der Waals surface area contributed by atoms with E-state index in [9.17, 15) is 0 Å². The first-order valence-corrected chi connectivity index (χ1v) is 3.62. The highest BCUT2D eigenvalue weighted by Gasteiger charge is 2.35. The molecular weight excluding hydrogens is 199 g/mol. The van der Waals surface area contributed by atoms with Crippen LogP contribution in [0.5, 0.6) is 0 Å². The molecule has 0 amide bonds. The quantitative estimate of drug-likeness (QED) is 0.509. The molecule has 0 aromatic rings. The fourth-order valence-electron chi connectivity index (χ4n) is 0.157. The first-order chi connectivity index (χ1) is 3.62. The smallest absolute Gasteiger partial charge is 0.488 e. The summed E-state index contributed by atoms with van der Waals surface area (Å²) in [5.41, 5.74) is 0. The molecule has 0 aromatic carbocycles. The molecule has 0 atom stereocenters. The molecule has 0 aliphatic heterocycles. The Morgan fingerprint density at radius 1 is 1.40 bits per heavy atom. The van der Waals surface area contributed by atoms with Gasteiger partial charge >= 0.3 is 9.05 Å². The maximum atomic E-state index is 8.50. The normalized spacial score (nSPS) is 8.70. The molecule has 0 bridgehead atoms. The van der Waals surface area contributed by atoms with E-state index in [-0.39, 0.29) is 24.8 Å². The lowest BCUT2D eigenvalue weighted by molar-refractivity contribution is 0.0792. The van der Waals surface area contributed by atoms with Crippen molar-refractivity contribution >= 4 is 33.9 Å². The van der Waals surface area contributed by atoms with Crippen molar-refractivity contribution in [3.63, 3.8) is 0 Å². The van der Waals surface area contributed by atoms with Gasteiger partial charge in [0.2, 0.25) is 0 Å². The average molecular weight is 209 g/mol. The molecule has 0 saturated heterocycles. The van der Waals surface area contributed by atoms with Crippen LogP contribution in [-0.4, -0.2) is 25.7 Å². The van der Waals surface area contributed by atoms with E-state index in [1.165, 1.54) is 0 Å². The lowest BCUT2D eigenvalue weighted by Crippen LogP contribution is -2.39. The van der Waals surface area contributed by atoms with Gasteiger partial charge in [-0.3, -0.25) is 0 Å². The summed E-state index contributed by atoms with van der Waals surface area (Å²) in [7, 11) is -2.65. The van der Waals surface area contributed by atoms with Crippen molar-refractivity contribution in [1.82, 2.24) is 0 Å². The fourth-order valence-corrected chi connectivity index (χ4v) is 0.470. The topological polar surface area (TPSA) is 58.9 Å². The molecule has 0 aliphatic rings. The van der Waals surface area contributed by atoms with Crippen LogP contribution in [0.15, 0.2) is 12.8 Å². The van der Waals surface area contributed by atoms with Gasteiger partial charge < -0.3 is 18.4 Å². The lowest BCUT2D eigenvalue weighted by atomic mass is 11.2. The Kier molecular flexibility index (Phi) is 12.2. The first-order valence-electron chi connectivity index (χ1n) is 1.91. The minimum Gasteiger partial charge on any atom is -0.488 e. The van der Waals surface area contributed by atoms with Gasteiger partial charge in [-0.15, -0.1) is 24.8 Å². The van der Waals surface area contributed by atoms with Gasteiger partial charge in [0.15, 0.2) is 0 Å². The molecule has 2 N–H and O–H groups in total. The Morgan fingerprint density at radius 2 is 1.80 bits per heavy atom. The second-order valence-electron chi connectivity index (χ2n) is 1.04. The highest BCUT2D eigenvalue weighted by atomic mass is 35.5. The number of hydrogen-bond donors (Lipinski definition) is 2. The van der Waals surface area contributed by atoms with E-state index in [1.807, 2.05) is 0 Å². The zero-order valence-corrected chi connectivity index (χ0v) is 7.94. The zero-order valence-electron chi connectivity index (χ0n) is 5.31. The van der Waals surface area contributed by atoms with Gasteiger partial charge in [-0.05, 0) is 0 Å². The summed E-state index contributed by atoms with van der Waals surface area (Å²) in [5, 5.41) is 0. The van der Waals surface area contributed by atoms with Gasteiger partial charge in [-0.2, -0.15) is 0 Å². The van der Waals surface area contributed by atoms with Crippen LogP contribution in [0.25, 0.3) is 0 Å². The number of rotatable bonds is 3. The Bertz CT molecular complexity index is 88.6. The molecule has 0 heterocycles. The van der Waals surface area contributed by atoms with E-state index in [1.54, 1.807) is 0 Å². The summed E-state index contributed by atoms with van der Waals surface area (Å²) < 4.78 is 8.30. The van der Waals surface area contributed by atoms with Crippen LogP contribution in [0, 0.1) is 0 Å². The lowest BCUT2D eigenvalue weighted by Gasteiger charge is -2.10. The molecule has 0 saturated carbocycles. The van der Waals surface area contributed by atoms with Crippen molar-refractivity contribution in [2.24, 2.45) is 0 Å². The second kappa shape index (κ2) is 7.33. The summed E-state index contributed by atoms with van der Waals surface area (Å²) in [6.45, 7) is 3.11. The number of halogens is 2. The van der Waals surface area contributed by atoms with Gasteiger partial charge in [0.05, 0.1) is 6.26 Å². The van der Waals surface area contributed by atoms with Crippen LogP contribution in [0.1, 0.15) is 0 Å². The molecule has 0 spiro atoms. The van der Waals surface area contributed by atoms with Gasteiger partial charge in [0, 0.05) is 7.11 Å². The average Bonchev–Trinajstić information content (AvgIpc) is 1.67. The van der Waals surface area contributed by atoms with E-state index >= 15 is 0 Å². The predicted molar refractivity (Wildman–Crippen MR) is 43.0 cm³/mol. The van der Waals surface area contributed by atoms with Crippen LogP contribution in [0.3, 0.4) is 0 Å². The van der Waals surface area contributed by atoms with Gasteiger partial charge in [0.1, 0.15) is 0 Å². The van der Waals surface area contributed by atoms with Crippen LogP contribution in [-0.2, 0) is 8.85 Å². The Hall–Kier alpha value is 0.217. The SMILES string of the molecule is C=CO[Si](O)(O)OC.Cl.Cl. The van der Waals surface area contributed by atoms with Crippen LogP contribution in [0.2, 0.25) is 0 Å². The molecule has 0 rings (SSSR count). The molecule has 0 aliphatic carbocycles. The van der Waals surface area contributed by atoms with E-state index in [0.717, 1.165) is 13.4 Å². The molecule has 10 heavy (non-hydrogen) atoms. The summed E-state index contributed by atoms with van der Waals surface area (Å²) in [6.07, 6.45) is 0.926. The van der Waals surface area contributed by atoms with Crippen molar-refractivity contribution in [3.05, 3.63) is 12.8 Å². The Labute approximate surface area is 72.8 Å². The summed E-state index contributed by atoms with van der Waals surface area (Å²) in [5.74, 6) is 0. The predicted octanol–water partition coefficient (Wildman–Crippen LogP) is 0.0567. The third-order valence-electron chi connectivity index (χ3n) is 0.503. The molecule has 0 aromatic heterocycles. The third kappa shape index (κ3) is 8.22. The van der Waals surface area contributed by atoms with E-state index < -0.39 is 9.05 Å². The molecular formula is C3H10Cl2O4Si. The molecule has 4 nitrogen and oxygen atoms in total. The van der Waals surface area contributed by atoms with Crippen LogP contribution < -0.4 is 0 Å². The van der Waals surface area contributed by atoms with Crippen molar-refractivity contribution in [3.8, 4) is 0 Å². The standard InChI is InChI=1S/C3H8O4Si.2ClH/c1-3-7-8(4,5)6-2;;/h3-5H,1H2,2H3;2*1H. The van der Waals surface area contributed by atoms with Crippen molar-refractivity contribution in [2.45, 2.75) is 0 Å². The third-order valence-corrected chi connectivity index (χ3v) is 1.51. The molecule has 0 radical (unpaired) electrons. The van der Waals surface area contributed by atoms with Crippen molar-refractivity contribution < 1.29 is 18.4 Å². The summed E-state index contributed by atoms with van der Waals surface area (Å²) >= 11 is 0. The highest BCUT2D eigenvalue weighted by molar-refractivity contribution is 6.50. The maximum absolute atomic E-state index is 8.50. The van der Waals surface area contributed by atoms with Crippen molar-refractivity contribution in [1.29, 1.82) is 0 Å². The van der Waals surface area contributed by atoms with E-state index in [4.69, 9.17) is 9.59 Å². The van der Waals surface area contributed by atoms with Gasteiger partial charge in [-0.25, -0.2) is 0 Å². The largest absolute Gasteiger partial charge is 0.743 e. The summed E-state index contributed by atoms with van der Waals surface area (Å²) in [4.78, 5) is 17.0. The number of hydrogen-bond acceptors (Lipinski definition) is 4. The molecule has 7 heteroatoms. The van der Waals surface area contributed by atoms with Crippen LogP contribution in [0.4, 0.5) is 0 Å². The van der Waals surface area contributed by atoms with Crippen molar-refractivity contribution in [2.75, 3.05) is 7.11 Å². The Morgan fingerprint density at radius 3 is 1.90 bits per heavy atom. The first kappa shape index (κ1) is 16.7. The maximum Gasteiger partial charge on any atom is 0.743 e. The minimum absolute atomic E-state index is 0.